The maximum Gasteiger partial charge on any atom is 0.336 e. The van der Waals surface area contributed by atoms with Crippen molar-refractivity contribution in [2.45, 2.75) is 20.3 Å². The van der Waals surface area contributed by atoms with Crippen molar-refractivity contribution in [3.05, 3.63) is 23.9 Å². The largest absolute Gasteiger partial charge is 0.479 e. The zero-order valence-electron chi connectivity index (χ0n) is 12.3. The number of esters is 2. The predicted octanol–water partition coefficient (Wildman–Crippen LogP) is 0.136. The lowest BCUT2D eigenvalue weighted by Gasteiger charge is -2.05. The normalized spacial score (nSPS) is 11.7. The average molecular weight is 302 g/mol. The van der Waals surface area contributed by atoms with Gasteiger partial charge in [-0.1, -0.05) is 0 Å². The van der Waals surface area contributed by atoms with Crippen LogP contribution in [0.15, 0.2) is 23.9 Å². The van der Waals surface area contributed by atoms with Crippen molar-refractivity contribution in [2.24, 2.45) is 11.5 Å². The van der Waals surface area contributed by atoms with Gasteiger partial charge in [-0.2, -0.15) is 0 Å². The van der Waals surface area contributed by atoms with Gasteiger partial charge in [0.1, 0.15) is 0 Å². The minimum atomic E-state index is -0.618. The van der Waals surface area contributed by atoms with Crippen LogP contribution in [-0.4, -0.2) is 38.4 Å². The van der Waals surface area contributed by atoms with Crippen LogP contribution in [0, 0.1) is 0 Å². The summed E-state index contributed by atoms with van der Waals surface area (Å²) in [5, 5.41) is 0. The van der Waals surface area contributed by atoms with E-state index in [-0.39, 0.29) is 25.0 Å². The molecule has 0 amide bonds. The van der Waals surface area contributed by atoms with Gasteiger partial charge in [0, 0.05) is 6.42 Å². The van der Waals surface area contributed by atoms with E-state index in [0.717, 1.165) is 12.2 Å². The number of carbonyl (C=O) groups is 2. The Kier molecular flexibility index (Phi) is 10.1. The molecule has 8 nitrogen and oxygen atoms in total. The Morgan fingerprint density at radius 3 is 1.52 bits per heavy atom. The van der Waals surface area contributed by atoms with E-state index in [2.05, 4.69) is 0 Å². The van der Waals surface area contributed by atoms with Gasteiger partial charge in [-0.15, -0.1) is 0 Å². The third-order valence-corrected chi connectivity index (χ3v) is 1.92. The number of ether oxygens (including phenoxy) is 4. The molecule has 120 valence electrons. The van der Waals surface area contributed by atoms with Crippen LogP contribution in [0.1, 0.15) is 20.3 Å². The molecule has 0 aliphatic heterocycles. The highest BCUT2D eigenvalue weighted by Gasteiger charge is 2.03. The van der Waals surface area contributed by atoms with Crippen molar-refractivity contribution in [3.8, 4) is 0 Å². The van der Waals surface area contributed by atoms with Crippen molar-refractivity contribution in [2.75, 3.05) is 26.4 Å². The number of hydrogen-bond acceptors (Lipinski definition) is 8. The van der Waals surface area contributed by atoms with Crippen LogP contribution in [-0.2, 0) is 28.5 Å². The number of rotatable bonds is 10. The lowest BCUT2D eigenvalue weighted by molar-refractivity contribution is -0.140. The minimum absolute atomic E-state index is 0.00883. The van der Waals surface area contributed by atoms with Gasteiger partial charge >= 0.3 is 11.9 Å². The molecule has 0 spiro atoms. The first-order valence-electron chi connectivity index (χ1n) is 6.53. The Morgan fingerprint density at radius 1 is 0.810 bits per heavy atom. The number of hydrogen-bond donors (Lipinski definition) is 2. The van der Waals surface area contributed by atoms with E-state index < -0.39 is 11.9 Å². The zero-order valence-corrected chi connectivity index (χ0v) is 12.3. The topological polar surface area (TPSA) is 123 Å². The summed E-state index contributed by atoms with van der Waals surface area (Å²) >= 11 is 0. The van der Waals surface area contributed by atoms with E-state index in [0.29, 0.717) is 19.6 Å². The molecule has 0 aliphatic rings. The van der Waals surface area contributed by atoms with E-state index >= 15 is 0 Å². The van der Waals surface area contributed by atoms with Crippen LogP contribution in [0.4, 0.5) is 0 Å². The molecule has 8 heteroatoms. The van der Waals surface area contributed by atoms with Crippen LogP contribution in [0.25, 0.3) is 0 Å². The second-order valence-corrected chi connectivity index (χ2v) is 3.65. The average Bonchev–Trinajstić information content (AvgIpc) is 2.38. The first-order chi connectivity index (χ1) is 9.99. The van der Waals surface area contributed by atoms with Crippen LogP contribution in [0.2, 0.25) is 0 Å². The fourth-order valence-corrected chi connectivity index (χ4v) is 1.14. The molecule has 0 atom stereocenters. The molecular weight excluding hydrogens is 280 g/mol. The lowest BCUT2D eigenvalue weighted by atomic mass is 10.5. The third kappa shape index (κ3) is 11.2. The summed E-state index contributed by atoms with van der Waals surface area (Å²) in [5.74, 6) is -1.25. The highest BCUT2D eigenvalue weighted by atomic mass is 16.5. The summed E-state index contributed by atoms with van der Waals surface area (Å²) in [6.07, 6.45) is 2.43. The highest BCUT2D eigenvalue weighted by Crippen LogP contribution is 1.94. The fraction of sp³-hybridized carbons (Fsp3) is 0.538. The van der Waals surface area contributed by atoms with Gasteiger partial charge in [-0.3, -0.25) is 0 Å². The van der Waals surface area contributed by atoms with Crippen molar-refractivity contribution in [1.82, 2.24) is 0 Å². The standard InChI is InChI=1S/C13H22N2O6/c1-3-18-10(14)8-12(16)20-6-5-7-21-13(17)9-11(15)19-4-2/h8-9H,3-7,14-15H2,1-2H3/b10-8-,11-9-. The van der Waals surface area contributed by atoms with E-state index in [1.54, 1.807) is 13.8 Å². The van der Waals surface area contributed by atoms with Crippen molar-refractivity contribution < 1.29 is 28.5 Å². The first kappa shape index (κ1) is 18.6. The smallest absolute Gasteiger partial charge is 0.336 e. The monoisotopic (exact) mass is 302 g/mol. The molecule has 0 saturated heterocycles. The van der Waals surface area contributed by atoms with Gasteiger partial charge < -0.3 is 30.4 Å². The molecule has 0 aromatic heterocycles. The van der Waals surface area contributed by atoms with Crippen molar-refractivity contribution in [3.63, 3.8) is 0 Å². The van der Waals surface area contributed by atoms with Gasteiger partial charge in [0.25, 0.3) is 0 Å². The molecule has 4 N–H and O–H groups in total. The Balaban J connectivity index is 3.77. The van der Waals surface area contributed by atoms with Crippen LogP contribution >= 0.6 is 0 Å². The molecule has 0 saturated carbocycles. The van der Waals surface area contributed by atoms with Gasteiger partial charge in [0.2, 0.25) is 0 Å². The zero-order chi connectivity index (χ0) is 16.1. The molecule has 0 aromatic carbocycles. The van der Waals surface area contributed by atoms with Gasteiger partial charge in [0.05, 0.1) is 38.6 Å². The van der Waals surface area contributed by atoms with Gasteiger partial charge in [-0.05, 0) is 13.8 Å². The summed E-state index contributed by atoms with van der Waals surface area (Å²) in [6.45, 7) is 4.40. The third-order valence-electron chi connectivity index (χ3n) is 1.92. The maximum absolute atomic E-state index is 11.2. The maximum atomic E-state index is 11.2. The highest BCUT2D eigenvalue weighted by molar-refractivity contribution is 5.82. The van der Waals surface area contributed by atoms with Crippen LogP contribution in [0.5, 0.6) is 0 Å². The Labute approximate surface area is 123 Å². The first-order valence-corrected chi connectivity index (χ1v) is 6.53. The Hall–Kier alpha value is -2.38. The summed E-state index contributed by atoms with van der Waals surface area (Å²) in [4.78, 5) is 22.5. The molecule has 0 unspecified atom stereocenters. The van der Waals surface area contributed by atoms with E-state index in [1.165, 1.54) is 0 Å². The number of carbonyl (C=O) groups excluding carboxylic acids is 2. The summed E-state index contributed by atoms with van der Waals surface area (Å²) < 4.78 is 19.4. The second-order valence-electron chi connectivity index (χ2n) is 3.65. The minimum Gasteiger partial charge on any atom is -0.479 e. The molecule has 0 aromatic rings. The quantitative estimate of drug-likeness (QED) is 0.253. The van der Waals surface area contributed by atoms with Gasteiger partial charge in [-0.25, -0.2) is 9.59 Å². The van der Waals surface area contributed by atoms with E-state index in [1.807, 2.05) is 0 Å². The summed E-state index contributed by atoms with van der Waals surface area (Å²) in [5.41, 5.74) is 10.7. The molecule has 0 rings (SSSR count). The molecule has 21 heavy (non-hydrogen) atoms. The predicted molar refractivity (Wildman–Crippen MR) is 74.3 cm³/mol. The molecular formula is C13H22N2O6. The van der Waals surface area contributed by atoms with Crippen molar-refractivity contribution in [1.29, 1.82) is 0 Å². The second kappa shape index (κ2) is 11.4. The molecule has 0 bridgehead atoms. The summed E-state index contributed by atoms with van der Waals surface area (Å²) in [7, 11) is 0. The lowest BCUT2D eigenvalue weighted by Crippen LogP contribution is -2.12. The molecule has 0 aliphatic carbocycles. The Bertz CT molecular complexity index is 356. The van der Waals surface area contributed by atoms with Gasteiger partial charge in [0.15, 0.2) is 11.8 Å². The SMILES string of the molecule is CCO/C(N)=C\C(=O)OCCCOC(=O)/C=C(/N)OCC. The molecule has 0 radical (unpaired) electrons. The van der Waals surface area contributed by atoms with E-state index in [9.17, 15) is 9.59 Å². The number of nitrogens with two attached hydrogens (primary N) is 2. The Morgan fingerprint density at radius 2 is 1.19 bits per heavy atom. The van der Waals surface area contributed by atoms with E-state index in [4.69, 9.17) is 30.4 Å². The molecule has 0 heterocycles. The van der Waals surface area contributed by atoms with Crippen molar-refractivity contribution >= 4 is 11.9 Å². The summed E-state index contributed by atoms with van der Waals surface area (Å²) in [6, 6.07) is 0. The van der Waals surface area contributed by atoms with Crippen LogP contribution < -0.4 is 11.5 Å². The fourth-order valence-electron chi connectivity index (χ4n) is 1.14. The molecule has 0 fully saturated rings. The van der Waals surface area contributed by atoms with Crippen LogP contribution in [0.3, 0.4) is 0 Å².